The molecule has 3 aromatic carbocycles. The number of benzene rings is 3. The molecule has 0 unspecified atom stereocenters. The monoisotopic (exact) mass is 418 g/mol. The Balaban J connectivity index is 2.41. The molecule has 0 fully saturated rings. The van der Waals surface area contributed by atoms with Gasteiger partial charge < -0.3 is 0 Å². The van der Waals surface area contributed by atoms with E-state index in [0.29, 0.717) is 16.4 Å². The average Bonchev–Trinajstić information content (AvgIpc) is 2.64. The first-order chi connectivity index (χ1) is 13.2. The van der Waals surface area contributed by atoms with Crippen molar-refractivity contribution in [3.8, 4) is 5.75 Å². The van der Waals surface area contributed by atoms with Crippen molar-refractivity contribution in [3.05, 3.63) is 89.5 Å². The molecule has 148 valence electrons. The molecule has 3 aromatic rings. The molecule has 0 spiro atoms. The molecule has 7 heteroatoms. The molecule has 3 N–H and O–H groups in total. The van der Waals surface area contributed by atoms with Crippen molar-refractivity contribution in [2.45, 2.75) is 20.8 Å². The Labute approximate surface area is 166 Å². The number of rotatable bonds is 6. The SMILES string of the molecule is Cc1ccccc1OP(O)(OP(O)O)(c1ccccc1C)c1ccccc1C. The van der Waals surface area contributed by atoms with E-state index in [1.54, 1.807) is 36.4 Å². The van der Waals surface area contributed by atoms with Crippen LogP contribution in [0.4, 0.5) is 0 Å². The molecule has 3 rings (SSSR count). The molecule has 0 heterocycles. The van der Waals surface area contributed by atoms with Gasteiger partial charge in [0.1, 0.15) is 0 Å². The second-order valence-electron chi connectivity index (χ2n) is 6.68. The summed E-state index contributed by atoms with van der Waals surface area (Å²) in [7, 11) is -7.89. The molecule has 0 saturated heterocycles. The van der Waals surface area contributed by atoms with E-state index in [2.05, 4.69) is 0 Å². The molecule has 0 bridgehead atoms. The fourth-order valence-corrected chi connectivity index (χ4v) is 8.36. The summed E-state index contributed by atoms with van der Waals surface area (Å²) < 4.78 is 12.0. The van der Waals surface area contributed by atoms with Gasteiger partial charge in [-0.15, -0.1) is 0 Å². The summed E-state index contributed by atoms with van der Waals surface area (Å²) in [6.45, 7) is 5.51. The van der Waals surface area contributed by atoms with Crippen LogP contribution in [0.1, 0.15) is 16.7 Å². The van der Waals surface area contributed by atoms with Crippen molar-refractivity contribution < 1.29 is 23.5 Å². The molecule has 0 radical (unpaired) electrons. The van der Waals surface area contributed by atoms with Crippen LogP contribution >= 0.6 is 15.9 Å². The van der Waals surface area contributed by atoms with Crippen molar-refractivity contribution in [1.82, 2.24) is 0 Å². The standard InChI is InChI=1S/C21H24O5P2/c1-16-10-4-7-13-19(16)25-28(24,26-27(22)23,20-14-8-5-11-17(20)2)21-15-9-6-12-18(21)3/h4-15,22-24H,1-3H3. The zero-order valence-corrected chi connectivity index (χ0v) is 17.8. The Kier molecular flexibility index (Phi) is 5.88. The van der Waals surface area contributed by atoms with E-state index in [1.807, 2.05) is 57.2 Å². The molecule has 28 heavy (non-hydrogen) atoms. The normalized spacial score (nSPS) is 13.2. The minimum absolute atomic E-state index is 0.390. The first kappa shape index (κ1) is 20.9. The van der Waals surface area contributed by atoms with E-state index in [-0.39, 0.29) is 0 Å². The van der Waals surface area contributed by atoms with Crippen LogP contribution in [-0.2, 0) is 4.31 Å². The van der Waals surface area contributed by atoms with E-state index in [4.69, 9.17) is 8.83 Å². The van der Waals surface area contributed by atoms with Gasteiger partial charge in [0.05, 0.1) is 0 Å². The molecular formula is C21H24O5P2. The zero-order chi connectivity index (χ0) is 20.4. The maximum atomic E-state index is 12.4. The van der Waals surface area contributed by atoms with E-state index >= 15 is 0 Å². The molecule has 0 amide bonds. The molecule has 0 aromatic heterocycles. The van der Waals surface area contributed by atoms with Crippen LogP contribution < -0.4 is 15.1 Å². The van der Waals surface area contributed by atoms with Gasteiger partial charge in [-0.1, -0.05) is 0 Å². The number of hydrogen-bond acceptors (Lipinski definition) is 5. The summed E-state index contributed by atoms with van der Waals surface area (Å²) in [4.78, 5) is 32.2. The Morgan fingerprint density at radius 3 is 1.54 bits per heavy atom. The van der Waals surface area contributed by atoms with E-state index in [1.165, 1.54) is 0 Å². The third-order valence-electron chi connectivity index (χ3n) is 4.67. The first-order valence-corrected chi connectivity index (χ1v) is 12.0. The van der Waals surface area contributed by atoms with Crippen LogP contribution in [0.5, 0.6) is 5.75 Å². The molecule has 0 aliphatic heterocycles. The van der Waals surface area contributed by atoms with Crippen LogP contribution in [-0.4, -0.2) is 14.7 Å². The van der Waals surface area contributed by atoms with Crippen molar-refractivity contribution in [3.63, 3.8) is 0 Å². The van der Waals surface area contributed by atoms with Crippen molar-refractivity contribution in [1.29, 1.82) is 0 Å². The van der Waals surface area contributed by atoms with Gasteiger partial charge in [0.15, 0.2) is 0 Å². The summed E-state index contributed by atoms with van der Waals surface area (Å²) in [6.07, 6.45) is 0. The Morgan fingerprint density at radius 2 is 1.11 bits per heavy atom. The summed E-state index contributed by atoms with van der Waals surface area (Å²) in [5, 5.41) is 0.781. The first-order valence-electron chi connectivity index (χ1n) is 8.78. The third kappa shape index (κ3) is 3.70. The summed E-state index contributed by atoms with van der Waals surface area (Å²) in [5.74, 6) is 0.408. The fourth-order valence-electron chi connectivity index (χ4n) is 3.32. The van der Waals surface area contributed by atoms with Gasteiger partial charge in [-0.3, -0.25) is 0 Å². The Morgan fingerprint density at radius 1 is 0.679 bits per heavy atom. The van der Waals surface area contributed by atoms with Crippen molar-refractivity contribution in [2.24, 2.45) is 0 Å². The van der Waals surface area contributed by atoms with E-state index in [0.717, 1.165) is 16.7 Å². The van der Waals surface area contributed by atoms with Gasteiger partial charge in [0, 0.05) is 0 Å². The maximum absolute atomic E-state index is 12.4. The van der Waals surface area contributed by atoms with Crippen molar-refractivity contribution >= 4 is 26.5 Å². The van der Waals surface area contributed by atoms with Gasteiger partial charge >= 0.3 is 166 Å². The fraction of sp³-hybridized carbons (Fsp3) is 0.143. The molecule has 0 atom stereocenters. The van der Waals surface area contributed by atoms with Crippen molar-refractivity contribution in [2.75, 3.05) is 0 Å². The molecule has 0 aliphatic rings. The summed E-state index contributed by atoms with van der Waals surface area (Å²) in [6, 6.07) is 21.5. The Hall–Kier alpha value is -1.84. The van der Waals surface area contributed by atoms with Gasteiger partial charge in [0.25, 0.3) is 0 Å². The van der Waals surface area contributed by atoms with Crippen LogP contribution in [0, 0.1) is 20.8 Å². The number of aryl methyl sites for hydroxylation is 3. The molecule has 0 aliphatic carbocycles. The van der Waals surface area contributed by atoms with Crippen LogP contribution in [0.2, 0.25) is 0 Å². The molecule has 0 saturated carbocycles. The topological polar surface area (TPSA) is 79.2 Å². The molecular weight excluding hydrogens is 394 g/mol. The van der Waals surface area contributed by atoms with Crippen LogP contribution in [0.15, 0.2) is 72.8 Å². The van der Waals surface area contributed by atoms with Gasteiger partial charge in [-0.25, -0.2) is 0 Å². The predicted molar refractivity (Wildman–Crippen MR) is 115 cm³/mol. The van der Waals surface area contributed by atoms with Crippen LogP contribution in [0.25, 0.3) is 0 Å². The average molecular weight is 418 g/mol. The van der Waals surface area contributed by atoms with Gasteiger partial charge in [-0.05, 0) is 0 Å². The second-order valence-corrected chi connectivity index (χ2v) is 10.8. The second kappa shape index (κ2) is 7.88. The molecule has 5 nitrogen and oxygen atoms in total. The quantitative estimate of drug-likeness (QED) is 0.524. The number of para-hydroxylation sites is 1. The Bertz CT molecular complexity index is 944. The summed E-state index contributed by atoms with van der Waals surface area (Å²) >= 11 is 0. The minimum atomic E-state index is -4.96. The van der Waals surface area contributed by atoms with Gasteiger partial charge in [-0.2, -0.15) is 0 Å². The predicted octanol–water partition coefficient (Wildman–Crippen LogP) is 4.16. The summed E-state index contributed by atoms with van der Waals surface area (Å²) in [5.41, 5.74) is 2.23. The zero-order valence-electron chi connectivity index (χ0n) is 16.0. The van der Waals surface area contributed by atoms with E-state index < -0.39 is 15.9 Å². The number of hydrogen-bond donors (Lipinski definition) is 3. The van der Waals surface area contributed by atoms with Gasteiger partial charge in [0.2, 0.25) is 0 Å². The third-order valence-corrected chi connectivity index (χ3v) is 9.70. The van der Waals surface area contributed by atoms with E-state index in [9.17, 15) is 14.7 Å². The van der Waals surface area contributed by atoms with Crippen LogP contribution in [0.3, 0.4) is 0 Å².